The van der Waals surface area contributed by atoms with Crippen molar-refractivity contribution in [3.05, 3.63) is 35.4 Å². The van der Waals surface area contributed by atoms with Crippen LogP contribution in [0.5, 0.6) is 0 Å². The minimum absolute atomic E-state index is 0.114. The second-order valence-corrected chi connectivity index (χ2v) is 7.25. The summed E-state index contributed by atoms with van der Waals surface area (Å²) < 4.78 is 4.94. The van der Waals surface area contributed by atoms with Gasteiger partial charge in [0, 0.05) is 51.2 Å². The summed E-state index contributed by atoms with van der Waals surface area (Å²) in [7, 11) is 3.26. The monoisotopic (exact) mass is 400 g/mol. The molecule has 0 bridgehead atoms. The Bertz CT molecular complexity index is 757. The van der Waals surface area contributed by atoms with Crippen molar-refractivity contribution in [2.24, 2.45) is 5.92 Å². The third kappa shape index (κ3) is 6.88. The van der Waals surface area contributed by atoms with Crippen LogP contribution in [0.15, 0.2) is 24.3 Å². The van der Waals surface area contributed by atoms with Gasteiger partial charge in [-0.1, -0.05) is 6.42 Å². The molecule has 1 saturated heterocycles. The largest absolute Gasteiger partial charge is 0.383 e. The SMILES string of the molecule is COCCNC(=O)[C@@H]1CCC[C@@H](NC(=O)c2ccc(C#N)cc2)CN(C)C(=O)C1. The molecule has 1 aromatic rings. The third-order valence-electron chi connectivity index (χ3n) is 5.03. The van der Waals surface area contributed by atoms with Crippen LogP contribution in [-0.4, -0.2) is 62.5 Å². The van der Waals surface area contributed by atoms with Gasteiger partial charge >= 0.3 is 0 Å². The average molecular weight is 400 g/mol. The Labute approximate surface area is 171 Å². The standard InChI is InChI=1S/C21H28N4O4/c1-25-14-18(24-21(28)16-8-6-15(13-22)7-9-16)5-3-4-17(12-19(25)26)20(27)23-10-11-29-2/h6-9,17-18H,3-5,10-12,14H2,1-2H3,(H,23,27)(H,24,28)/t17-,18-/m1/s1. The highest BCUT2D eigenvalue weighted by Gasteiger charge is 2.27. The fourth-order valence-electron chi connectivity index (χ4n) is 3.33. The quantitative estimate of drug-likeness (QED) is 0.694. The molecule has 156 valence electrons. The van der Waals surface area contributed by atoms with Gasteiger partial charge in [-0.15, -0.1) is 0 Å². The predicted molar refractivity (Wildman–Crippen MR) is 107 cm³/mol. The lowest BCUT2D eigenvalue weighted by Gasteiger charge is -2.24. The van der Waals surface area contributed by atoms with E-state index < -0.39 is 0 Å². The van der Waals surface area contributed by atoms with Crippen molar-refractivity contribution in [1.82, 2.24) is 15.5 Å². The van der Waals surface area contributed by atoms with Gasteiger partial charge in [0.15, 0.2) is 0 Å². The number of hydrogen-bond acceptors (Lipinski definition) is 5. The van der Waals surface area contributed by atoms with Gasteiger partial charge in [0.1, 0.15) is 0 Å². The molecule has 29 heavy (non-hydrogen) atoms. The smallest absolute Gasteiger partial charge is 0.251 e. The van der Waals surface area contributed by atoms with Crippen molar-refractivity contribution < 1.29 is 19.1 Å². The minimum Gasteiger partial charge on any atom is -0.383 e. The highest BCUT2D eigenvalue weighted by molar-refractivity contribution is 5.94. The van der Waals surface area contributed by atoms with E-state index in [0.717, 1.165) is 6.42 Å². The van der Waals surface area contributed by atoms with Crippen molar-refractivity contribution in [3.63, 3.8) is 0 Å². The van der Waals surface area contributed by atoms with E-state index in [-0.39, 0.29) is 36.1 Å². The van der Waals surface area contributed by atoms with Crippen molar-refractivity contribution in [2.75, 3.05) is 33.9 Å². The Morgan fingerprint density at radius 1 is 1.28 bits per heavy atom. The van der Waals surface area contributed by atoms with Crippen molar-refractivity contribution in [3.8, 4) is 6.07 Å². The van der Waals surface area contributed by atoms with Gasteiger partial charge in [-0.3, -0.25) is 14.4 Å². The summed E-state index contributed by atoms with van der Waals surface area (Å²) in [5.74, 6) is -0.872. The van der Waals surface area contributed by atoms with Gasteiger partial charge in [-0.2, -0.15) is 5.26 Å². The predicted octanol–water partition coefficient (Wildman–Crippen LogP) is 1.07. The number of likely N-dealkylation sites (N-methyl/N-ethyl adjacent to an activating group) is 1. The fraction of sp³-hybridized carbons (Fsp3) is 0.524. The van der Waals surface area contributed by atoms with Crippen LogP contribution in [0.25, 0.3) is 0 Å². The number of ether oxygens (including phenoxy) is 1. The lowest BCUT2D eigenvalue weighted by atomic mass is 9.96. The van der Waals surface area contributed by atoms with Gasteiger partial charge in [-0.05, 0) is 37.1 Å². The molecular formula is C21H28N4O4. The number of nitriles is 1. The molecule has 1 fully saturated rings. The molecule has 0 spiro atoms. The Morgan fingerprint density at radius 2 is 2.00 bits per heavy atom. The first-order valence-corrected chi connectivity index (χ1v) is 9.76. The Hall–Kier alpha value is -2.92. The summed E-state index contributed by atoms with van der Waals surface area (Å²) in [4.78, 5) is 39.0. The van der Waals surface area contributed by atoms with Gasteiger partial charge < -0.3 is 20.3 Å². The third-order valence-corrected chi connectivity index (χ3v) is 5.03. The number of carbonyl (C=O) groups is 3. The first kappa shape index (κ1) is 22.4. The summed E-state index contributed by atoms with van der Waals surface area (Å²) in [5, 5.41) is 14.6. The molecule has 0 unspecified atom stereocenters. The molecule has 1 heterocycles. The fourth-order valence-corrected chi connectivity index (χ4v) is 3.33. The van der Waals surface area contributed by atoms with E-state index in [9.17, 15) is 14.4 Å². The van der Waals surface area contributed by atoms with Crippen LogP contribution >= 0.6 is 0 Å². The molecule has 2 rings (SSSR count). The molecule has 0 aromatic heterocycles. The second-order valence-electron chi connectivity index (χ2n) is 7.25. The molecule has 8 nitrogen and oxygen atoms in total. The van der Waals surface area contributed by atoms with Crippen molar-refractivity contribution in [2.45, 2.75) is 31.7 Å². The number of carbonyl (C=O) groups excluding carboxylic acids is 3. The summed E-state index contributed by atoms with van der Waals surface area (Å²) in [6, 6.07) is 8.23. The lowest BCUT2D eigenvalue weighted by molar-refractivity contribution is -0.135. The van der Waals surface area contributed by atoms with Crippen LogP contribution in [0, 0.1) is 17.2 Å². The van der Waals surface area contributed by atoms with Gasteiger partial charge in [0.05, 0.1) is 18.2 Å². The summed E-state index contributed by atoms with van der Waals surface area (Å²) in [6.07, 6.45) is 2.14. The molecular weight excluding hydrogens is 372 g/mol. The number of amides is 3. The number of hydrogen-bond donors (Lipinski definition) is 2. The maximum absolute atomic E-state index is 12.5. The van der Waals surface area contributed by atoms with Gasteiger partial charge in [-0.25, -0.2) is 0 Å². The Kier molecular flexibility index (Phi) is 8.62. The highest BCUT2D eigenvalue weighted by Crippen LogP contribution is 2.19. The summed E-state index contributed by atoms with van der Waals surface area (Å²) in [6.45, 7) is 1.23. The van der Waals surface area contributed by atoms with Crippen LogP contribution in [0.4, 0.5) is 0 Å². The van der Waals surface area contributed by atoms with Gasteiger partial charge in [0.2, 0.25) is 11.8 Å². The van der Waals surface area contributed by atoms with Crippen molar-refractivity contribution >= 4 is 17.7 Å². The van der Waals surface area contributed by atoms with E-state index in [2.05, 4.69) is 10.6 Å². The lowest BCUT2D eigenvalue weighted by Crippen LogP contribution is -2.44. The maximum atomic E-state index is 12.5. The van der Waals surface area contributed by atoms with E-state index in [1.807, 2.05) is 6.07 Å². The zero-order valence-corrected chi connectivity index (χ0v) is 16.9. The molecule has 1 aromatic carbocycles. The van der Waals surface area contributed by atoms with Crippen LogP contribution < -0.4 is 10.6 Å². The number of benzene rings is 1. The summed E-state index contributed by atoms with van der Waals surface area (Å²) in [5.41, 5.74) is 0.956. The Morgan fingerprint density at radius 3 is 2.66 bits per heavy atom. The van der Waals surface area contributed by atoms with E-state index in [1.165, 1.54) is 0 Å². The van der Waals surface area contributed by atoms with Crippen LogP contribution in [0.3, 0.4) is 0 Å². The molecule has 8 heteroatoms. The van der Waals surface area contributed by atoms with E-state index in [0.29, 0.717) is 43.7 Å². The molecule has 1 aliphatic heterocycles. The van der Waals surface area contributed by atoms with E-state index in [4.69, 9.17) is 10.00 Å². The normalized spacial score (nSPS) is 20.0. The first-order chi connectivity index (χ1) is 13.9. The molecule has 2 N–H and O–H groups in total. The second kappa shape index (κ2) is 11.2. The van der Waals surface area contributed by atoms with Crippen molar-refractivity contribution in [1.29, 1.82) is 5.26 Å². The maximum Gasteiger partial charge on any atom is 0.251 e. The van der Waals surface area contributed by atoms with Gasteiger partial charge in [0.25, 0.3) is 5.91 Å². The number of nitrogens with one attached hydrogen (secondary N) is 2. The average Bonchev–Trinajstić information content (AvgIpc) is 2.78. The topological polar surface area (TPSA) is 112 Å². The number of methoxy groups -OCH3 is 1. The zero-order chi connectivity index (χ0) is 21.2. The number of rotatable bonds is 6. The van der Waals surface area contributed by atoms with Crippen LogP contribution in [-0.2, 0) is 14.3 Å². The first-order valence-electron chi connectivity index (χ1n) is 9.76. The molecule has 0 radical (unpaired) electrons. The molecule has 3 amide bonds. The zero-order valence-electron chi connectivity index (χ0n) is 16.9. The molecule has 0 saturated carbocycles. The van der Waals surface area contributed by atoms with Crippen LogP contribution in [0.2, 0.25) is 0 Å². The van der Waals surface area contributed by atoms with E-state index >= 15 is 0 Å². The van der Waals surface area contributed by atoms with E-state index in [1.54, 1.807) is 43.3 Å². The minimum atomic E-state index is -0.380. The van der Waals surface area contributed by atoms with Crippen LogP contribution in [0.1, 0.15) is 41.6 Å². The highest BCUT2D eigenvalue weighted by atomic mass is 16.5. The summed E-state index contributed by atoms with van der Waals surface area (Å²) >= 11 is 0. The molecule has 0 aliphatic carbocycles. The molecule has 1 aliphatic rings. The number of nitrogens with zero attached hydrogens (tertiary/aromatic N) is 2. The Balaban J connectivity index is 1.98. The molecule has 2 atom stereocenters.